The van der Waals surface area contributed by atoms with Crippen LogP contribution in [-0.4, -0.2) is 47.8 Å². The summed E-state index contributed by atoms with van der Waals surface area (Å²) in [5.41, 5.74) is 6.13. The average molecular weight is 1180 g/mol. The smallest absolute Gasteiger partial charge is 0.545 e. The Bertz CT molecular complexity index is 2390. The normalized spacial score (nSPS) is 10.6. The van der Waals surface area contributed by atoms with Crippen LogP contribution in [0.1, 0.15) is 272 Å². The number of benzene rings is 4. The molecule has 4 aromatic rings. The summed E-state index contributed by atoms with van der Waals surface area (Å²) in [5.74, 6) is -6.16. The molecule has 4 rings (SSSR count). The maximum atomic E-state index is 11.3. The van der Waals surface area contributed by atoms with Crippen molar-refractivity contribution in [2.24, 2.45) is 0 Å². The Balaban J connectivity index is 0. The molecular weight excluding hydrogens is 1100 g/mol. The van der Waals surface area contributed by atoms with Crippen molar-refractivity contribution in [3.05, 3.63) is 115 Å². The van der Waals surface area contributed by atoms with E-state index in [9.17, 15) is 58.8 Å². The first-order chi connectivity index (χ1) is 34.9. The van der Waals surface area contributed by atoms with E-state index in [1.165, 1.54) is 52.0 Å². The van der Waals surface area contributed by atoms with Gasteiger partial charge in [-0.2, -0.15) is 0 Å². The number of carboxylic acids is 4. The van der Waals surface area contributed by atoms with E-state index in [-0.39, 0.29) is 127 Å². The minimum absolute atomic E-state index is 0. The van der Waals surface area contributed by atoms with E-state index < -0.39 is 47.8 Å². The van der Waals surface area contributed by atoms with Crippen LogP contribution in [0, 0.1) is 0 Å². The van der Waals surface area contributed by atoms with E-state index in [2.05, 4.69) is 0 Å². The summed E-state index contributed by atoms with van der Waals surface area (Å²) >= 11 is 0. The maximum absolute atomic E-state index is 11.3. The number of ether oxygens (including phenoxy) is 4. The van der Waals surface area contributed by atoms with Crippen molar-refractivity contribution in [2.45, 2.75) is 186 Å². The molecule has 16 nitrogen and oxygen atoms in total. The van der Waals surface area contributed by atoms with Crippen LogP contribution in [0.15, 0.2) is 48.5 Å². The molecule has 2 radical (unpaired) electrons. The van der Waals surface area contributed by atoms with Crippen LogP contribution < -0.4 is 39.4 Å². The molecule has 0 aliphatic rings. The molecule has 0 spiro atoms. The van der Waals surface area contributed by atoms with Gasteiger partial charge in [-0.3, -0.25) is 19.2 Å². The summed E-state index contributed by atoms with van der Waals surface area (Å²) in [7, 11) is 0. The van der Waals surface area contributed by atoms with Crippen molar-refractivity contribution in [1.82, 2.24) is 0 Å². The molecule has 0 saturated carbocycles. The van der Waals surface area contributed by atoms with Crippen LogP contribution in [-0.2, 0) is 53.3 Å². The first-order valence-corrected chi connectivity index (χ1v) is 25.2. The minimum atomic E-state index is -1.33. The first-order valence-electron chi connectivity index (χ1n) is 25.2. The molecule has 78 heavy (non-hydrogen) atoms. The topological polar surface area (TPSA) is 266 Å². The van der Waals surface area contributed by atoms with E-state index in [0.717, 1.165) is 22.3 Å². The minimum Gasteiger partial charge on any atom is -0.545 e. The van der Waals surface area contributed by atoms with Crippen molar-refractivity contribution in [2.75, 3.05) is 0 Å². The van der Waals surface area contributed by atoms with Crippen LogP contribution in [0.25, 0.3) is 0 Å². The first kappa shape index (κ1) is 73.8. The summed E-state index contributed by atoms with van der Waals surface area (Å²) in [4.78, 5) is 89.6. The van der Waals surface area contributed by atoms with E-state index in [1.54, 1.807) is 0 Å². The molecule has 0 aliphatic heterocycles. The maximum Gasteiger partial charge on any atom is 2.00 e. The van der Waals surface area contributed by atoms with E-state index in [4.69, 9.17) is 18.9 Å². The Morgan fingerprint density at radius 3 is 0.513 bits per heavy atom. The fourth-order valence-corrected chi connectivity index (χ4v) is 7.38. The predicted octanol–water partition coefficient (Wildman–Crippen LogP) is 8.88. The van der Waals surface area contributed by atoms with Gasteiger partial charge in [-0.15, -0.1) is 0 Å². The third-order valence-electron chi connectivity index (χ3n) is 11.6. The summed E-state index contributed by atoms with van der Waals surface area (Å²) in [6.45, 7) is 36.2. The van der Waals surface area contributed by atoms with Gasteiger partial charge in [-0.1, -0.05) is 135 Å². The number of hydrogen-bond donors (Lipinski definition) is 0. The zero-order chi connectivity index (χ0) is 59.0. The number of carboxylic acid groups (broad SMARTS) is 4. The van der Waals surface area contributed by atoms with E-state index >= 15 is 0 Å². The number of carbonyl (C=O) groups is 8. The van der Waals surface area contributed by atoms with Gasteiger partial charge in [0.15, 0.2) is 0 Å². The van der Waals surface area contributed by atoms with Gasteiger partial charge in [0.25, 0.3) is 0 Å². The second-order valence-electron chi connectivity index (χ2n) is 20.7. The van der Waals surface area contributed by atoms with E-state index in [1.807, 2.05) is 135 Å². The number of aromatic carboxylic acids is 4. The molecule has 434 valence electrons. The fraction of sp³-hybridized carbons (Fsp3) is 0.467. The number of carbonyl (C=O) groups excluding carboxylic acids is 8. The standard InChI is InChI=1S/4C15H20O4.2Cu/c4*1-8(2)11-6-12(9(3)4)14(19-10(5)16)13(7-11)15(17)18;;/h4*6-9H,1-5H3,(H,17,18);;/q;;;;2*+2/p-4. The second-order valence-corrected chi connectivity index (χ2v) is 20.7. The van der Waals surface area contributed by atoms with Gasteiger partial charge in [0.1, 0.15) is 23.0 Å². The molecule has 0 fully saturated rings. The van der Waals surface area contributed by atoms with E-state index in [0.29, 0.717) is 22.3 Å². The monoisotopic (exact) mass is 1180 g/mol. The predicted molar refractivity (Wildman–Crippen MR) is 281 cm³/mol. The van der Waals surface area contributed by atoms with Crippen molar-refractivity contribution in [1.29, 1.82) is 0 Å². The zero-order valence-corrected chi connectivity index (χ0v) is 50.3. The molecule has 0 aliphatic carbocycles. The van der Waals surface area contributed by atoms with Gasteiger partial charge in [0.2, 0.25) is 0 Å². The molecule has 4 aromatic carbocycles. The SMILES string of the molecule is CC(=O)Oc1c(C(=O)[O-])cc(C(C)C)cc1C(C)C.CC(=O)Oc1c(C(=O)[O-])cc(C(C)C)cc1C(C)C.CC(=O)Oc1c(C(=O)[O-])cc(C(C)C)cc1C(C)C.CC(=O)Oc1c(C(=O)[O-])cc(C(C)C)cc1C(C)C.[Cu+2].[Cu+2]. The van der Waals surface area contributed by atoms with Crippen molar-refractivity contribution < 1.29 is 112 Å². The third-order valence-corrected chi connectivity index (χ3v) is 11.6. The molecule has 0 N–H and O–H groups in total. The Morgan fingerprint density at radius 1 is 0.282 bits per heavy atom. The summed E-state index contributed by atoms with van der Waals surface area (Å²) in [6, 6.07) is 13.6. The van der Waals surface area contributed by atoms with Gasteiger partial charge in [-0.25, -0.2) is 0 Å². The van der Waals surface area contributed by atoms with Crippen LogP contribution in [0.3, 0.4) is 0 Å². The van der Waals surface area contributed by atoms with Crippen LogP contribution in [0.5, 0.6) is 23.0 Å². The van der Waals surface area contributed by atoms with Crippen LogP contribution in [0.4, 0.5) is 0 Å². The quantitative estimate of drug-likeness (QED) is 0.0576. The second kappa shape index (κ2) is 33.2. The van der Waals surface area contributed by atoms with Gasteiger partial charge >= 0.3 is 58.0 Å². The summed E-state index contributed by atoms with van der Waals surface area (Å²) in [5, 5.41) is 45.0. The number of esters is 4. The molecule has 0 bridgehead atoms. The van der Waals surface area contributed by atoms with Gasteiger partial charge in [-0.05, 0) is 116 Å². The van der Waals surface area contributed by atoms with Gasteiger partial charge in [0, 0.05) is 49.9 Å². The molecular formula is C60H76Cu2O16. The Hall–Kier alpha value is -6.32. The molecule has 0 aromatic heterocycles. The van der Waals surface area contributed by atoms with Crippen molar-refractivity contribution >= 4 is 47.8 Å². The van der Waals surface area contributed by atoms with Crippen molar-refractivity contribution in [3.8, 4) is 23.0 Å². The molecule has 0 heterocycles. The molecule has 0 atom stereocenters. The zero-order valence-electron chi connectivity index (χ0n) is 48.4. The summed E-state index contributed by atoms with van der Waals surface area (Å²) < 4.78 is 20.3. The van der Waals surface area contributed by atoms with Gasteiger partial charge < -0.3 is 58.6 Å². The van der Waals surface area contributed by atoms with Gasteiger partial charge in [0.05, 0.1) is 23.9 Å². The van der Waals surface area contributed by atoms with Crippen LogP contribution in [0.2, 0.25) is 0 Å². The molecule has 0 amide bonds. The molecule has 0 saturated heterocycles. The van der Waals surface area contributed by atoms with Crippen molar-refractivity contribution in [3.63, 3.8) is 0 Å². The summed E-state index contributed by atoms with van der Waals surface area (Å²) in [6.07, 6.45) is 0. The number of rotatable bonds is 16. The van der Waals surface area contributed by atoms with Crippen LogP contribution >= 0.6 is 0 Å². The number of hydrogen-bond acceptors (Lipinski definition) is 16. The average Bonchev–Trinajstić information content (AvgIpc) is 3.27. The Morgan fingerprint density at radius 2 is 0.423 bits per heavy atom. The Kier molecular flexibility index (Phi) is 31.4. The largest absolute Gasteiger partial charge is 2.00 e. The Labute approximate surface area is 481 Å². The third kappa shape index (κ3) is 22.2. The molecule has 0 unspecified atom stereocenters. The molecule has 18 heteroatoms. The fourth-order valence-electron chi connectivity index (χ4n) is 7.38.